The third-order valence-electron chi connectivity index (χ3n) is 6.39. The van der Waals surface area contributed by atoms with Gasteiger partial charge in [-0.05, 0) is 12.5 Å². The summed E-state index contributed by atoms with van der Waals surface area (Å²) in [6.07, 6.45) is 0. The number of hydrogen-bond acceptors (Lipinski definition) is 6. The van der Waals surface area contributed by atoms with Crippen LogP contribution in [0.15, 0.2) is 60.0 Å². The summed E-state index contributed by atoms with van der Waals surface area (Å²) in [5.41, 5.74) is 3.98. The van der Waals surface area contributed by atoms with Crippen molar-refractivity contribution in [3.05, 3.63) is 76.8 Å². The molecule has 34 heavy (non-hydrogen) atoms. The Labute approximate surface area is 208 Å². The lowest BCUT2D eigenvalue weighted by atomic mass is 10.1. The van der Waals surface area contributed by atoms with Crippen LogP contribution in [0.2, 0.25) is 0 Å². The molecule has 176 valence electrons. The van der Waals surface area contributed by atoms with Gasteiger partial charge in [0.25, 0.3) is 5.91 Å². The molecule has 8 heteroatoms. The number of aromatic nitrogens is 1. The number of carbonyl (C=O) groups is 2. The van der Waals surface area contributed by atoms with E-state index in [0.717, 1.165) is 30.2 Å². The van der Waals surface area contributed by atoms with E-state index in [0.29, 0.717) is 31.1 Å². The number of carbonyl (C=O) groups excluding carboxylic acids is 2. The smallest absolute Gasteiger partial charge is 0.273 e. The topological polar surface area (TPSA) is 56.8 Å². The van der Waals surface area contributed by atoms with Crippen LogP contribution in [-0.4, -0.2) is 76.5 Å². The van der Waals surface area contributed by atoms with Gasteiger partial charge in [-0.3, -0.25) is 14.5 Å². The van der Waals surface area contributed by atoms with E-state index < -0.39 is 0 Å². The van der Waals surface area contributed by atoms with E-state index in [1.165, 1.54) is 22.5 Å². The molecule has 2 aliphatic rings. The number of benzene rings is 2. The minimum Gasteiger partial charge on any atom is -0.335 e. The zero-order valence-corrected chi connectivity index (χ0v) is 20.9. The maximum absolute atomic E-state index is 13.0. The van der Waals surface area contributed by atoms with Crippen LogP contribution in [0.1, 0.15) is 27.0 Å². The number of amides is 2. The molecule has 1 aromatic heterocycles. The van der Waals surface area contributed by atoms with E-state index in [1.807, 2.05) is 45.5 Å². The standard InChI is InChI=1S/C26H28N4O2S2/c1-19-7-9-21(10-8-19)26-30(23(31)18-34-26)16-13-28-11-14-29(15-12-28)25(32)22-17-33-24(27-22)20-5-3-2-4-6-20/h2-10,17,26H,11-16,18H2,1H3. The fourth-order valence-electron chi connectivity index (χ4n) is 4.37. The molecule has 0 radical (unpaired) electrons. The molecule has 3 aromatic rings. The monoisotopic (exact) mass is 492 g/mol. The summed E-state index contributed by atoms with van der Waals surface area (Å²) in [4.78, 5) is 36.3. The van der Waals surface area contributed by atoms with Crippen LogP contribution in [0, 0.1) is 6.92 Å². The summed E-state index contributed by atoms with van der Waals surface area (Å²) >= 11 is 3.21. The van der Waals surface area contributed by atoms with Crippen LogP contribution in [0.3, 0.4) is 0 Å². The van der Waals surface area contributed by atoms with Crippen molar-refractivity contribution < 1.29 is 9.59 Å². The Bertz CT molecular complexity index is 1140. The first kappa shape index (κ1) is 23.1. The minimum atomic E-state index is 0.00337. The van der Waals surface area contributed by atoms with Crippen molar-refractivity contribution in [3.8, 4) is 10.6 Å². The number of thiazole rings is 1. The Balaban J connectivity index is 1.13. The molecule has 1 atom stereocenters. The predicted molar refractivity (Wildman–Crippen MR) is 138 cm³/mol. The Morgan fingerprint density at radius 2 is 1.74 bits per heavy atom. The van der Waals surface area contributed by atoms with Gasteiger partial charge >= 0.3 is 0 Å². The van der Waals surface area contributed by atoms with Gasteiger partial charge < -0.3 is 9.80 Å². The highest BCUT2D eigenvalue weighted by molar-refractivity contribution is 8.00. The second-order valence-corrected chi connectivity index (χ2v) is 10.6. The average Bonchev–Trinajstić information content (AvgIpc) is 3.51. The lowest BCUT2D eigenvalue weighted by molar-refractivity contribution is -0.128. The highest BCUT2D eigenvalue weighted by Gasteiger charge is 2.33. The van der Waals surface area contributed by atoms with Crippen LogP contribution in [-0.2, 0) is 4.79 Å². The summed E-state index contributed by atoms with van der Waals surface area (Å²) in [6.45, 7) is 6.60. The van der Waals surface area contributed by atoms with Gasteiger partial charge in [0, 0.05) is 50.2 Å². The first-order valence-electron chi connectivity index (χ1n) is 11.6. The summed E-state index contributed by atoms with van der Waals surface area (Å²) in [6, 6.07) is 18.4. The molecule has 6 nitrogen and oxygen atoms in total. The number of hydrogen-bond donors (Lipinski definition) is 0. The Kier molecular flexibility index (Phi) is 6.99. The maximum atomic E-state index is 13.0. The van der Waals surface area contributed by atoms with Crippen molar-refractivity contribution in [1.29, 1.82) is 0 Å². The summed E-state index contributed by atoms with van der Waals surface area (Å²) in [7, 11) is 0. The number of piperazine rings is 1. The van der Waals surface area contributed by atoms with Crippen molar-refractivity contribution in [1.82, 2.24) is 19.7 Å². The quantitative estimate of drug-likeness (QED) is 0.517. The van der Waals surface area contributed by atoms with Gasteiger partial charge in [0.05, 0.1) is 5.75 Å². The molecule has 2 aliphatic heterocycles. The number of thioether (sulfide) groups is 1. The normalized spacial score (nSPS) is 19.1. The van der Waals surface area contributed by atoms with E-state index in [1.54, 1.807) is 11.8 Å². The number of rotatable bonds is 6. The average molecular weight is 493 g/mol. The van der Waals surface area contributed by atoms with E-state index in [9.17, 15) is 9.59 Å². The third-order valence-corrected chi connectivity index (χ3v) is 8.54. The molecule has 1 unspecified atom stereocenters. The first-order valence-corrected chi connectivity index (χ1v) is 13.5. The predicted octanol–water partition coefficient (Wildman–Crippen LogP) is 4.15. The van der Waals surface area contributed by atoms with Crippen LogP contribution in [0.4, 0.5) is 0 Å². The van der Waals surface area contributed by atoms with E-state index in [4.69, 9.17) is 0 Å². The van der Waals surface area contributed by atoms with Gasteiger partial charge in [-0.2, -0.15) is 0 Å². The first-order chi connectivity index (χ1) is 16.6. The van der Waals surface area contributed by atoms with Crippen LogP contribution >= 0.6 is 23.1 Å². The lowest BCUT2D eigenvalue weighted by Gasteiger charge is -2.35. The molecule has 2 saturated heterocycles. The van der Waals surface area contributed by atoms with Crippen LogP contribution < -0.4 is 0 Å². The molecule has 2 fully saturated rings. The largest absolute Gasteiger partial charge is 0.335 e. The van der Waals surface area contributed by atoms with Gasteiger partial charge in [0.2, 0.25) is 5.91 Å². The van der Waals surface area contributed by atoms with Gasteiger partial charge in [-0.15, -0.1) is 23.1 Å². The summed E-state index contributed by atoms with van der Waals surface area (Å²) in [5, 5.41) is 2.83. The molecule has 0 N–H and O–H groups in total. The molecule has 0 spiro atoms. The molecule has 0 saturated carbocycles. The molecule has 5 rings (SSSR count). The van der Waals surface area contributed by atoms with E-state index >= 15 is 0 Å². The molecule has 3 heterocycles. The van der Waals surface area contributed by atoms with Crippen molar-refractivity contribution in [2.75, 3.05) is 45.0 Å². The maximum Gasteiger partial charge on any atom is 0.273 e. The molecular weight excluding hydrogens is 464 g/mol. The van der Waals surface area contributed by atoms with Crippen molar-refractivity contribution in [3.63, 3.8) is 0 Å². The van der Waals surface area contributed by atoms with Crippen molar-refractivity contribution >= 4 is 34.9 Å². The third kappa shape index (κ3) is 5.04. The fourth-order valence-corrected chi connectivity index (χ4v) is 6.39. The van der Waals surface area contributed by atoms with Gasteiger partial charge in [-0.1, -0.05) is 60.2 Å². The second kappa shape index (κ2) is 10.3. The van der Waals surface area contributed by atoms with Gasteiger partial charge in [0.1, 0.15) is 16.1 Å². The van der Waals surface area contributed by atoms with E-state index in [-0.39, 0.29) is 17.2 Å². The summed E-state index contributed by atoms with van der Waals surface area (Å²) < 4.78 is 0. The Hall–Kier alpha value is -2.68. The highest BCUT2D eigenvalue weighted by Crippen LogP contribution is 2.38. The molecule has 0 bridgehead atoms. The highest BCUT2D eigenvalue weighted by atomic mass is 32.2. The Morgan fingerprint density at radius 1 is 1.00 bits per heavy atom. The van der Waals surface area contributed by atoms with Gasteiger partial charge in [0.15, 0.2) is 0 Å². The van der Waals surface area contributed by atoms with Crippen molar-refractivity contribution in [2.45, 2.75) is 12.3 Å². The van der Waals surface area contributed by atoms with Crippen LogP contribution in [0.5, 0.6) is 0 Å². The number of aryl methyl sites for hydroxylation is 1. The van der Waals surface area contributed by atoms with Crippen LogP contribution in [0.25, 0.3) is 10.6 Å². The number of nitrogens with zero attached hydrogens (tertiary/aromatic N) is 4. The minimum absolute atomic E-state index is 0.00337. The molecule has 0 aliphatic carbocycles. The summed E-state index contributed by atoms with van der Waals surface area (Å²) in [5.74, 6) is 0.755. The van der Waals surface area contributed by atoms with E-state index in [2.05, 4.69) is 41.1 Å². The lowest BCUT2D eigenvalue weighted by Crippen LogP contribution is -2.50. The molecule has 2 aromatic carbocycles. The Morgan fingerprint density at radius 3 is 2.47 bits per heavy atom. The zero-order chi connectivity index (χ0) is 23.5. The zero-order valence-electron chi connectivity index (χ0n) is 19.2. The molecular formula is C26H28N4O2S2. The second-order valence-electron chi connectivity index (χ2n) is 8.70. The van der Waals surface area contributed by atoms with Gasteiger partial charge in [-0.25, -0.2) is 4.98 Å². The molecule has 2 amide bonds. The van der Waals surface area contributed by atoms with Crippen molar-refractivity contribution in [2.24, 2.45) is 0 Å². The fraction of sp³-hybridized carbons (Fsp3) is 0.346. The SMILES string of the molecule is Cc1ccc(C2SCC(=O)N2CCN2CCN(C(=O)c3csc(-c4ccccc4)n3)CC2)cc1.